The first-order valence-electron chi connectivity index (χ1n) is 6.91. The number of benzene rings is 2. The number of amides is 1. The monoisotopic (exact) mass is 291 g/mol. The smallest absolute Gasteiger partial charge is 0.267 e. The van der Waals surface area contributed by atoms with Crippen molar-refractivity contribution in [2.75, 3.05) is 10.6 Å². The van der Waals surface area contributed by atoms with E-state index in [1.54, 1.807) is 0 Å². The second-order valence-corrected chi connectivity index (χ2v) is 4.88. The van der Waals surface area contributed by atoms with Gasteiger partial charge in [0.25, 0.3) is 5.91 Å². The van der Waals surface area contributed by atoms with Gasteiger partial charge >= 0.3 is 0 Å². The molecule has 0 saturated carbocycles. The zero-order chi connectivity index (χ0) is 15.9. The molecule has 22 heavy (non-hydrogen) atoms. The third kappa shape index (κ3) is 3.74. The molecule has 2 N–H and O–H groups in total. The highest BCUT2D eigenvalue weighted by atomic mass is 16.1. The molecule has 0 aliphatic carbocycles. The molecule has 0 aliphatic rings. The highest BCUT2D eigenvalue weighted by molar-refractivity contribution is 6.07. The van der Waals surface area contributed by atoms with Crippen molar-refractivity contribution in [2.45, 2.75) is 13.8 Å². The Labute approximate surface area is 130 Å². The molecule has 1 amide bonds. The summed E-state index contributed by atoms with van der Waals surface area (Å²) in [6.07, 6.45) is 1.41. The molecule has 0 saturated heterocycles. The van der Waals surface area contributed by atoms with Crippen LogP contribution in [0.2, 0.25) is 0 Å². The van der Waals surface area contributed by atoms with Crippen LogP contribution >= 0.6 is 0 Å². The quantitative estimate of drug-likeness (QED) is 0.666. The summed E-state index contributed by atoms with van der Waals surface area (Å²) in [5.74, 6) is -0.431. The third-order valence-corrected chi connectivity index (χ3v) is 3.37. The highest BCUT2D eigenvalue weighted by Crippen LogP contribution is 2.18. The molecule has 0 atom stereocenters. The van der Waals surface area contributed by atoms with E-state index < -0.39 is 5.91 Å². The molecule has 0 heterocycles. The van der Waals surface area contributed by atoms with Gasteiger partial charge < -0.3 is 10.6 Å². The van der Waals surface area contributed by atoms with Gasteiger partial charge in [0, 0.05) is 17.6 Å². The maximum Gasteiger partial charge on any atom is 0.267 e. The summed E-state index contributed by atoms with van der Waals surface area (Å²) < 4.78 is 0. The molecule has 0 spiro atoms. The number of rotatable bonds is 4. The maximum atomic E-state index is 12.2. The summed E-state index contributed by atoms with van der Waals surface area (Å²) in [7, 11) is 0. The minimum atomic E-state index is -0.431. The topological polar surface area (TPSA) is 64.9 Å². The van der Waals surface area contributed by atoms with E-state index in [9.17, 15) is 4.79 Å². The van der Waals surface area contributed by atoms with Gasteiger partial charge in [-0.2, -0.15) is 5.26 Å². The van der Waals surface area contributed by atoms with E-state index in [2.05, 4.69) is 10.6 Å². The van der Waals surface area contributed by atoms with Gasteiger partial charge in [0.1, 0.15) is 11.6 Å². The van der Waals surface area contributed by atoms with Gasteiger partial charge in [-0.3, -0.25) is 4.79 Å². The number of para-hydroxylation sites is 1. The molecule has 110 valence electrons. The fraction of sp³-hybridized carbons (Fsp3) is 0.111. The summed E-state index contributed by atoms with van der Waals surface area (Å²) in [6.45, 7) is 3.91. The highest BCUT2D eigenvalue weighted by Gasteiger charge is 2.11. The van der Waals surface area contributed by atoms with E-state index in [-0.39, 0.29) is 5.57 Å². The Balaban J connectivity index is 2.12. The maximum absolute atomic E-state index is 12.2. The number of hydrogen-bond donors (Lipinski definition) is 2. The molecule has 0 radical (unpaired) electrons. The van der Waals surface area contributed by atoms with Crippen molar-refractivity contribution in [3.05, 3.63) is 71.4 Å². The number of nitrogens with zero attached hydrogens (tertiary/aromatic N) is 1. The van der Waals surface area contributed by atoms with Crippen molar-refractivity contribution in [3.8, 4) is 6.07 Å². The molecule has 0 bridgehead atoms. The van der Waals surface area contributed by atoms with Crippen LogP contribution < -0.4 is 10.6 Å². The molecule has 4 nitrogen and oxygen atoms in total. The van der Waals surface area contributed by atoms with E-state index in [4.69, 9.17) is 5.26 Å². The number of nitriles is 1. The molecule has 0 aromatic heterocycles. The Hall–Kier alpha value is -3.06. The molecular weight excluding hydrogens is 274 g/mol. The summed E-state index contributed by atoms with van der Waals surface area (Å²) in [4.78, 5) is 12.2. The number of aryl methyl sites for hydroxylation is 1. The fourth-order valence-corrected chi connectivity index (χ4v) is 1.91. The first-order valence-corrected chi connectivity index (χ1v) is 6.91. The predicted octanol–water partition coefficient (Wildman–Crippen LogP) is 3.76. The van der Waals surface area contributed by atoms with E-state index in [1.165, 1.54) is 6.20 Å². The Kier molecular flexibility index (Phi) is 4.94. The van der Waals surface area contributed by atoms with E-state index in [0.29, 0.717) is 5.69 Å². The molecule has 0 aliphatic heterocycles. The first kappa shape index (κ1) is 15.3. The van der Waals surface area contributed by atoms with Crippen molar-refractivity contribution in [3.63, 3.8) is 0 Å². The van der Waals surface area contributed by atoms with Gasteiger partial charge in [-0.15, -0.1) is 0 Å². The van der Waals surface area contributed by atoms with Crippen LogP contribution in [0.5, 0.6) is 0 Å². The number of carbonyl (C=O) groups excluding carboxylic acids is 1. The van der Waals surface area contributed by atoms with Gasteiger partial charge in [0.2, 0.25) is 0 Å². The van der Waals surface area contributed by atoms with Gasteiger partial charge in [-0.1, -0.05) is 30.3 Å². The molecule has 4 heteroatoms. The second kappa shape index (κ2) is 7.09. The normalized spacial score (nSPS) is 10.7. The van der Waals surface area contributed by atoms with E-state index >= 15 is 0 Å². The van der Waals surface area contributed by atoms with E-state index in [0.717, 1.165) is 16.8 Å². The van der Waals surface area contributed by atoms with Crippen molar-refractivity contribution < 1.29 is 4.79 Å². The second-order valence-electron chi connectivity index (χ2n) is 4.88. The molecule has 0 fully saturated rings. The van der Waals surface area contributed by atoms with Gasteiger partial charge in [-0.25, -0.2) is 0 Å². The standard InChI is InChI=1S/C18H17N3O/c1-13-7-6-10-17(14(13)2)21-18(22)15(11-19)12-20-16-8-4-3-5-9-16/h3-10,12,20H,1-2H3,(H,21,22)/b15-12-. The van der Waals surface area contributed by atoms with Crippen molar-refractivity contribution in [2.24, 2.45) is 0 Å². The van der Waals surface area contributed by atoms with Crippen LogP contribution in [0.3, 0.4) is 0 Å². The van der Waals surface area contributed by atoms with Gasteiger partial charge in [-0.05, 0) is 43.2 Å². The lowest BCUT2D eigenvalue weighted by molar-refractivity contribution is -0.112. The summed E-state index contributed by atoms with van der Waals surface area (Å²) >= 11 is 0. The zero-order valence-electron chi connectivity index (χ0n) is 12.6. The third-order valence-electron chi connectivity index (χ3n) is 3.37. The van der Waals surface area contributed by atoms with Crippen molar-refractivity contribution in [1.29, 1.82) is 5.26 Å². The Morgan fingerprint density at radius 2 is 1.82 bits per heavy atom. The Bertz CT molecular complexity index is 743. The summed E-state index contributed by atoms with van der Waals surface area (Å²) in [5.41, 5.74) is 3.62. The Morgan fingerprint density at radius 3 is 2.50 bits per heavy atom. The van der Waals surface area contributed by atoms with E-state index in [1.807, 2.05) is 68.4 Å². The van der Waals surface area contributed by atoms with Crippen LogP contribution in [-0.4, -0.2) is 5.91 Å². The molecule has 2 aromatic carbocycles. The summed E-state index contributed by atoms with van der Waals surface area (Å²) in [6, 6.07) is 16.9. The van der Waals surface area contributed by atoms with Gasteiger partial charge in [0.15, 0.2) is 0 Å². The molecule has 2 rings (SSSR count). The van der Waals surface area contributed by atoms with Crippen LogP contribution in [0, 0.1) is 25.2 Å². The average Bonchev–Trinajstić information content (AvgIpc) is 2.53. The largest absolute Gasteiger partial charge is 0.360 e. The Morgan fingerprint density at radius 1 is 1.09 bits per heavy atom. The first-order chi connectivity index (χ1) is 10.6. The molecular formula is C18H17N3O. The average molecular weight is 291 g/mol. The SMILES string of the molecule is Cc1cccc(NC(=O)/C(C#N)=C\Nc2ccccc2)c1C. The molecule has 2 aromatic rings. The minimum absolute atomic E-state index is 0.0183. The van der Waals surface area contributed by atoms with Crippen LogP contribution in [0.15, 0.2) is 60.3 Å². The van der Waals surface area contributed by atoms with Crippen LogP contribution in [-0.2, 0) is 4.79 Å². The minimum Gasteiger partial charge on any atom is -0.360 e. The summed E-state index contributed by atoms with van der Waals surface area (Å²) in [5, 5.41) is 14.9. The fourth-order valence-electron chi connectivity index (χ4n) is 1.91. The number of hydrogen-bond acceptors (Lipinski definition) is 3. The van der Waals surface area contributed by atoms with Crippen molar-refractivity contribution >= 4 is 17.3 Å². The van der Waals surface area contributed by atoms with Crippen LogP contribution in [0.25, 0.3) is 0 Å². The van der Waals surface area contributed by atoms with Gasteiger partial charge in [0.05, 0.1) is 0 Å². The number of anilines is 2. The lowest BCUT2D eigenvalue weighted by atomic mass is 10.1. The number of nitrogens with one attached hydrogen (secondary N) is 2. The van der Waals surface area contributed by atoms with Crippen molar-refractivity contribution in [1.82, 2.24) is 0 Å². The van der Waals surface area contributed by atoms with Crippen LogP contribution in [0.4, 0.5) is 11.4 Å². The lowest BCUT2D eigenvalue weighted by Crippen LogP contribution is -2.15. The zero-order valence-corrected chi connectivity index (χ0v) is 12.6. The predicted molar refractivity (Wildman–Crippen MR) is 88.3 cm³/mol. The lowest BCUT2D eigenvalue weighted by Gasteiger charge is -2.10. The molecule has 0 unspecified atom stereocenters. The number of carbonyl (C=O) groups is 1. The van der Waals surface area contributed by atoms with Crippen LogP contribution in [0.1, 0.15) is 11.1 Å².